The number of carboxylic acids is 2. The van der Waals surface area contributed by atoms with Crippen LogP contribution in [-0.4, -0.2) is 126 Å². The minimum Gasteiger partial charge on any atom is -0.480 e. The van der Waals surface area contributed by atoms with Gasteiger partial charge in [-0.1, -0.05) is 0 Å². The molecule has 4 N–H and O–H groups in total. The Hall–Kier alpha value is -1.69. The largest absolute Gasteiger partial charge is 0.547 e. The van der Waals surface area contributed by atoms with Gasteiger partial charge in [-0.15, -0.1) is 0 Å². The van der Waals surface area contributed by atoms with Crippen LogP contribution in [0.4, 0.5) is 0 Å². The molecule has 1 unspecified atom stereocenters. The van der Waals surface area contributed by atoms with Crippen LogP contribution >= 0.6 is 8.03 Å². The highest BCUT2D eigenvalue weighted by molar-refractivity contribution is 7.37. The number of hydrogen-bond acceptors (Lipinski definition) is 9. The normalized spacial score (nSPS) is 19.2. The number of nitrogens with one attached hydrogen (secondary N) is 1. The van der Waals surface area contributed by atoms with Gasteiger partial charge >= 0.3 is 32.3 Å². The molecule has 28 heavy (non-hydrogen) atoms. The topological polar surface area (TPSA) is 160 Å². The molecule has 0 saturated carbocycles. The lowest BCUT2D eigenvalue weighted by atomic mass is 10.3. The van der Waals surface area contributed by atoms with Crippen molar-refractivity contribution in [1.82, 2.24) is 20.0 Å². The van der Waals surface area contributed by atoms with Crippen LogP contribution in [0.25, 0.3) is 0 Å². The number of carboxylic acid groups (broad SMARTS) is 2. The number of carbonyl (C=O) groups is 3. The third-order valence-electron chi connectivity index (χ3n) is 4.08. The molecule has 1 heterocycles. The maximum Gasteiger partial charge on any atom is 0.547 e. The van der Waals surface area contributed by atoms with Crippen molar-refractivity contribution in [2.24, 2.45) is 0 Å². The van der Waals surface area contributed by atoms with Gasteiger partial charge in [0.05, 0.1) is 19.6 Å². The fourth-order valence-electron chi connectivity index (χ4n) is 2.71. The number of ether oxygens (including phenoxy) is 1. The molecule has 1 saturated heterocycles. The van der Waals surface area contributed by atoms with Gasteiger partial charge in [0.2, 0.25) is 0 Å². The zero-order chi connectivity index (χ0) is 20.9. The summed E-state index contributed by atoms with van der Waals surface area (Å²) >= 11 is 0. The van der Waals surface area contributed by atoms with Gasteiger partial charge in [-0.2, -0.15) is 4.89 Å². The summed E-state index contributed by atoms with van der Waals surface area (Å²) < 4.78 is 15.4. The van der Waals surface area contributed by atoms with Crippen LogP contribution in [0.3, 0.4) is 0 Å². The second kappa shape index (κ2) is 13.5. The van der Waals surface area contributed by atoms with E-state index in [9.17, 15) is 18.9 Å². The predicted molar refractivity (Wildman–Crippen MR) is 98.2 cm³/mol. The summed E-state index contributed by atoms with van der Waals surface area (Å²) in [5.74, 6) is -2.55. The third-order valence-corrected chi connectivity index (χ3v) is 4.43. The Kier molecular flexibility index (Phi) is 11.7. The first-order chi connectivity index (χ1) is 13.3. The zero-order valence-electron chi connectivity index (χ0n) is 15.7. The van der Waals surface area contributed by atoms with Crippen LogP contribution in [0.15, 0.2) is 0 Å². The molecule has 0 spiro atoms. The highest BCUT2D eigenvalue weighted by Gasteiger charge is 2.20. The van der Waals surface area contributed by atoms with Gasteiger partial charge in [0.25, 0.3) is 0 Å². The summed E-state index contributed by atoms with van der Waals surface area (Å²) in [6, 6.07) is 0. The minimum absolute atomic E-state index is 0.0725. The first-order valence-corrected chi connectivity index (χ1v) is 10.3. The standard InChI is InChI=1S/C15H27N4O8P/c20-13(21)9-17-3-1-16-2-4-18(11-15(24)27-12-28(25)26)6-8-19(7-5-17)10-14(22)23/h16H,1-12H2,(H2-,20,21,22,23,25,26)/p+1. The molecule has 1 aliphatic rings. The van der Waals surface area contributed by atoms with Gasteiger partial charge in [0, 0.05) is 52.4 Å². The third kappa shape index (κ3) is 11.9. The van der Waals surface area contributed by atoms with E-state index in [0.29, 0.717) is 52.4 Å². The van der Waals surface area contributed by atoms with Crippen molar-refractivity contribution in [1.29, 1.82) is 0 Å². The average Bonchev–Trinajstić information content (AvgIpc) is 2.59. The Morgan fingerprint density at radius 2 is 1.25 bits per heavy atom. The van der Waals surface area contributed by atoms with E-state index in [0.717, 1.165) is 0 Å². The fourth-order valence-corrected chi connectivity index (χ4v) is 2.97. The molecule has 0 radical (unpaired) electrons. The monoisotopic (exact) mass is 423 g/mol. The number of aliphatic carboxylic acids is 2. The average molecular weight is 423 g/mol. The summed E-state index contributed by atoms with van der Waals surface area (Å²) in [5.41, 5.74) is 0. The second-order valence-corrected chi connectivity index (χ2v) is 7.33. The maximum absolute atomic E-state index is 11.8. The van der Waals surface area contributed by atoms with Crippen molar-refractivity contribution in [2.45, 2.75) is 0 Å². The predicted octanol–water partition coefficient (Wildman–Crippen LogP) is -2.10. The molecule has 12 nitrogen and oxygen atoms in total. The van der Waals surface area contributed by atoms with E-state index in [4.69, 9.17) is 19.8 Å². The molecular formula is C15H28N4O8P+. The molecule has 160 valence electrons. The van der Waals surface area contributed by atoms with E-state index >= 15 is 0 Å². The van der Waals surface area contributed by atoms with E-state index in [1.807, 2.05) is 0 Å². The molecule has 1 aliphatic heterocycles. The Balaban J connectivity index is 2.67. The summed E-state index contributed by atoms with van der Waals surface area (Å²) in [6.07, 6.45) is -0.551. The van der Waals surface area contributed by atoms with Crippen LogP contribution in [0.5, 0.6) is 0 Å². The quantitative estimate of drug-likeness (QED) is 0.249. The van der Waals surface area contributed by atoms with E-state index in [1.54, 1.807) is 14.7 Å². The molecule has 0 bridgehead atoms. The summed E-state index contributed by atoms with van der Waals surface area (Å²) in [7, 11) is -2.55. The van der Waals surface area contributed by atoms with E-state index < -0.39 is 32.3 Å². The number of hydrogen-bond donors (Lipinski definition) is 4. The molecule has 0 amide bonds. The molecule has 1 rings (SSSR count). The number of rotatable bonds is 8. The van der Waals surface area contributed by atoms with Crippen molar-refractivity contribution in [3.05, 3.63) is 0 Å². The molecule has 0 aromatic rings. The lowest BCUT2D eigenvalue weighted by molar-refractivity contribution is -0.143. The first kappa shape index (κ1) is 24.3. The minimum atomic E-state index is -2.55. The molecule has 0 aliphatic carbocycles. The van der Waals surface area contributed by atoms with Crippen molar-refractivity contribution in [3.8, 4) is 0 Å². The van der Waals surface area contributed by atoms with E-state index in [-0.39, 0.29) is 19.6 Å². The maximum atomic E-state index is 11.8. The van der Waals surface area contributed by atoms with Crippen LogP contribution in [0, 0.1) is 0 Å². The van der Waals surface area contributed by atoms with Crippen LogP contribution in [0.1, 0.15) is 0 Å². The van der Waals surface area contributed by atoms with Crippen molar-refractivity contribution in [3.63, 3.8) is 0 Å². The summed E-state index contributed by atoms with van der Waals surface area (Å²) in [4.78, 5) is 47.8. The Morgan fingerprint density at radius 3 is 1.68 bits per heavy atom. The molecule has 0 aromatic heterocycles. The highest BCUT2D eigenvalue weighted by atomic mass is 31.1. The van der Waals surface area contributed by atoms with Crippen LogP contribution in [0.2, 0.25) is 0 Å². The smallest absolute Gasteiger partial charge is 0.480 e. The molecular weight excluding hydrogens is 395 g/mol. The van der Waals surface area contributed by atoms with Gasteiger partial charge < -0.3 is 20.3 Å². The van der Waals surface area contributed by atoms with E-state index in [2.05, 4.69) is 5.32 Å². The van der Waals surface area contributed by atoms with E-state index in [1.165, 1.54) is 0 Å². The van der Waals surface area contributed by atoms with Gasteiger partial charge in [-0.05, 0) is 4.57 Å². The molecule has 13 heteroatoms. The fraction of sp³-hybridized carbons (Fsp3) is 0.800. The summed E-state index contributed by atoms with van der Waals surface area (Å²) in [5, 5.41) is 21.3. The number of nitrogens with zero attached hydrogens (tertiary/aromatic N) is 3. The van der Waals surface area contributed by atoms with Gasteiger partial charge in [0.15, 0.2) is 0 Å². The number of esters is 1. The Bertz CT molecular complexity index is 548. The molecule has 1 atom stereocenters. The van der Waals surface area contributed by atoms with Crippen molar-refractivity contribution in [2.75, 3.05) is 78.3 Å². The lowest BCUT2D eigenvalue weighted by Crippen LogP contribution is -2.47. The van der Waals surface area contributed by atoms with Gasteiger partial charge in [-0.25, -0.2) is 0 Å². The van der Waals surface area contributed by atoms with Gasteiger partial charge in [0.1, 0.15) is 0 Å². The first-order valence-electron chi connectivity index (χ1n) is 8.87. The Morgan fingerprint density at radius 1 is 0.821 bits per heavy atom. The summed E-state index contributed by atoms with van der Waals surface area (Å²) in [6.45, 7) is 3.25. The van der Waals surface area contributed by atoms with Crippen LogP contribution < -0.4 is 5.32 Å². The lowest BCUT2D eigenvalue weighted by Gasteiger charge is -2.29. The second-order valence-electron chi connectivity index (χ2n) is 6.36. The van der Waals surface area contributed by atoms with Gasteiger partial charge in [-0.3, -0.25) is 29.1 Å². The zero-order valence-corrected chi connectivity index (χ0v) is 16.6. The molecule has 1 fully saturated rings. The molecule has 0 aromatic carbocycles. The van der Waals surface area contributed by atoms with Crippen molar-refractivity contribution < 1.29 is 38.8 Å². The van der Waals surface area contributed by atoms with Crippen LogP contribution in [-0.2, 0) is 23.7 Å². The Labute approximate surface area is 163 Å². The number of carbonyl (C=O) groups excluding carboxylic acids is 1. The van der Waals surface area contributed by atoms with Crippen molar-refractivity contribution >= 4 is 25.9 Å². The highest BCUT2D eigenvalue weighted by Crippen LogP contribution is 2.11. The SMILES string of the molecule is O=C(O)CN1CCNCCN(CC(=O)OC[P+](=O)O)CCN(CC(=O)O)CC1.